The van der Waals surface area contributed by atoms with Gasteiger partial charge in [0.05, 0.1) is 44.2 Å². The van der Waals surface area contributed by atoms with E-state index in [1.165, 1.54) is 71.2 Å². The van der Waals surface area contributed by atoms with E-state index in [1.54, 1.807) is 0 Å². The zero-order chi connectivity index (χ0) is 38.4. The van der Waals surface area contributed by atoms with Gasteiger partial charge in [-0.1, -0.05) is 127 Å². The van der Waals surface area contributed by atoms with Crippen molar-refractivity contribution < 1.29 is 4.74 Å². The maximum Gasteiger partial charge on any atom is 0.134 e. The highest BCUT2D eigenvalue weighted by Gasteiger charge is 2.50. The highest BCUT2D eigenvalue weighted by molar-refractivity contribution is 6.15. The molecule has 4 heteroatoms. The summed E-state index contributed by atoms with van der Waals surface area (Å²) in [7, 11) is 0. The van der Waals surface area contributed by atoms with Gasteiger partial charge in [0.15, 0.2) is 0 Å². The fourth-order valence-corrected chi connectivity index (χ4v) is 11.0. The maximum absolute atomic E-state index is 7.11. The van der Waals surface area contributed by atoms with E-state index >= 15 is 0 Å². The van der Waals surface area contributed by atoms with Crippen molar-refractivity contribution in [3.05, 3.63) is 222 Å². The summed E-state index contributed by atoms with van der Waals surface area (Å²) < 4.78 is 14.4. The molecule has 0 bridgehead atoms. The van der Waals surface area contributed by atoms with Gasteiger partial charge in [-0.15, -0.1) is 0 Å². The maximum atomic E-state index is 7.11. The fourth-order valence-electron chi connectivity index (χ4n) is 11.0. The number of aromatic nitrogens is 3. The van der Waals surface area contributed by atoms with Crippen molar-refractivity contribution in [1.82, 2.24) is 13.7 Å². The molecule has 0 N–H and O–H groups in total. The summed E-state index contributed by atoms with van der Waals surface area (Å²) in [6.07, 6.45) is 0. The quantitative estimate of drug-likeness (QED) is 0.173. The molecule has 4 nitrogen and oxygen atoms in total. The molecule has 9 aromatic carbocycles. The number of fused-ring (bicyclic) bond motifs is 17. The smallest absolute Gasteiger partial charge is 0.134 e. The highest BCUT2D eigenvalue weighted by Crippen LogP contribution is 2.61. The summed E-state index contributed by atoms with van der Waals surface area (Å²) in [6, 6.07) is 73.4. The molecule has 2 aliphatic heterocycles. The third-order valence-electron chi connectivity index (χ3n) is 13.3. The van der Waals surface area contributed by atoms with E-state index in [9.17, 15) is 0 Å². The summed E-state index contributed by atoms with van der Waals surface area (Å²) in [6.45, 7) is 0. The third kappa shape index (κ3) is 3.84. The summed E-state index contributed by atoms with van der Waals surface area (Å²) in [5.41, 5.74) is 14.8. The summed E-state index contributed by atoms with van der Waals surface area (Å²) in [5, 5.41) is 7.39. The first-order chi connectivity index (χ1) is 29.3. The van der Waals surface area contributed by atoms with Crippen LogP contribution in [-0.2, 0) is 5.41 Å². The minimum Gasteiger partial charge on any atom is -0.457 e. The van der Waals surface area contributed by atoms with E-state index < -0.39 is 5.41 Å². The van der Waals surface area contributed by atoms with Crippen LogP contribution in [0.4, 0.5) is 0 Å². The number of para-hydroxylation sites is 7. The van der Waals surface area contributed by atoms with Gasteiger partial charge in [0.2, 0.25) is 0 Å². The monoisotopic (exact) mass is 751 g/mol. The van der Waals surface area contributed by atoms with Gasteiger partial charge < -0.3 is 18.4 Å². The van der Waals surface area contributed by atoms with Crippen LogP contribution in [0.15, 0.2) is 200 Å². The van der Waals surface area contributed by atoms with Crippen molar-refractivity contribution in [3.8, 4) is 28.6 Å². The van der Waals surface area contributed by atoms with Gasteiger partial charge >= 0.3 is 0 Å². The van der Waals surface area contributed by atoms with Crippen molar-refractivity contribution in [1.29, 1.82) is 0 Å². The van der Waals surface area contributed by atoms with Gasteiger partial charge in [0, 0.05) is 60.9 Å². The molecule has 0 saturated heterocycles. The average Bonchev–Trinajstić information content (AvgIpc) is 3.93. The second-order valence-electron chi connectivity index (χ2n) is 16.0. The first kappa shape index (κ1) is 31.3. The lowest BCUT2D eigenvalue weighted by molar-refractivity contribution is 0.435. The molecule has 1 unspecified atom stereocenters. The predicted molar refractivity (Wildman–Crippen MR) is 241 cm³/mol. The van der Waals surface area contributed by atoms with Crippen molar-refractivity contribution in [3.63, 3.8) is 0 Å². The van der Waals surface area contributed by atoms with Gasteiger partial charge in [-0.05, 0) is 77.9 Å². The van der Waals surface area contributed by atoms with Crippen LogP contribution in [0.1, 0.15) is 22.3 Å². The van der Waals surface area contributed by atoms with E-state index in [1.807, 2.05) is 0 Å². The molecule has 3 aromatic heterocycles. The van der Waals surface area contributed by atoms with E-state index in [2.05, 4.69) is 214 Å². The minimum atomic E-state index is -0.639. The molecule has 1 spiro atoms. The summed E-state index contributed by atoms with van der Waals surface area (Å²) in [4.78, 5) is 0. The van der Waals surface area contributed by atoms with Crippen LogP contribution < -0.4 is 4.74 Å². The van der Waals surface area contributed by atoms with Crippen molar-refractivity contribution >= 4 is 65.4 Å². The lowest BCUT2D eigenvalue weighted by Gasteiger charge is -2.45. The molecule has 274 valence electrons. The zero-order valence-electron chi connectivity index (χ0n) is 31.8. The summed E-state index contributed by atoms with van der Waals surface area (Å²) in [5.74, 6) is 1.76. The minimum absolute atomic E-state index is 0.639. The zero-order valence-corrected chi connectivity index (χ0v) is 31.8. The van der Waals surface area contributed by atoms with Gasteiger partial charge in [0.1, 0.15) is 11.5 Å². The van der Waals surface area contributed by atoms with Gasteiger partial charge in [-0.3, -0.25) is 0 Å². The number of hydrogen-bond acceptors (Lipinski definition) is 1. The Hall–Kier alpha value is -7.82. The summed E-state index contributed by atoms with van der Waals surface area (Å²) >= 11 is 0. The number of ether oxygens (including phenoxy) is 1. The molecular formula is C55H33N3O. The fraction of sp³-hybridized carbons (Fsp3) is 0.0182. The largest absolute Gasteiger partial charge is 0.457 e. The number of nitrogens with zero attached hydrogens (tertiary/aromatic N) is 3. The molecular weight excluding hydrogens is 719 g/mol. The van der Waals surface area contributed by atoms with Gasteiger partial charge in [0.25, 0.3) is 0 Å². The van der Waals surface area contributed by atoms with E-state index in [-0.39, 0.29) is 0 Å². The van der Waals surface area contributed by atoms with Crippen LogP contribution in [0.25, 0.3) is 82.5 Å². The van der Waals surface area contributed by atoms with Crippen LogP contribution in [0, 0.1) is 0 Å². The van der Waals surface area contributed by atoms with Gasteiger partial charge in [-0.2, -0.15) is 0 Å². The third-order valence-corrected chi connectivity index (χ3v) is 13.3. The molecule has 0 saturated carbocycles. The molecule has 12 aromatic rings. The number of hydrogen-bond donors (Lipinski definition) is 0. The molecule has 2 aliphatic rings. The second kappa shape index (κ2) is 11.2. The molecule has 0 fully saturated rings. The van der Waals surface area contributed by atoms with Gasteiger partial charge in [-0.25, -0.2) is 0 Å². The number of rotatable bonds is 2. The van der Waals surface area contributed by atoms with Crippen molar-refractivity contribution in [2.75, 3.05) is 0 Å². The van der Waals surface area contributed by atoms with Crippen molar-refractivity contribution in [2.24, 2.45) is 0 Å². The second-order valence-corrected chi connectivity index (χ2v) is 16.0. The Balaban J connectivity index is 1.10. The van der Waals surface area contributed by atoms with Crippen LogP contribution >= 0.6 is 0 Å². The van der Waals surface area contributed by atoms with E-state index in [0.29, 0.717) is 0 Å². The Bertz CT molecular complexity index is 3770. The highest BCUT2D eigenvalue weighted by atomic mass is 16.5. The normalized spacial score (nSPS) is 15.3. The average molecular weight is 752 g/mol. The molecule has 0 aliphatic carbocycles. The van der Waals surface area contributed by atoms with E-state index in [0.717, 1.165) is 45.0 Å². The topological polar surface area (TPSA) is 24.0 Å². The Kier molecular flexibility index (Phi) is 5.93. The van der Waals surface area contributed by atoms with Crippen LogP contribution in [-0.4, -0.2) is 13.7 Å². The standard InChI is InChI=1S/C55H33N3O/c1-2-15-34(16-3-1)56-46-24-9-5-18-37(46)40-31-35(29-30-49(40)56)57-47-25-10-6-19-38(47)41-32-45-53(33-51(41)57)59-52-28-13-8-22-43(52)55(45)42-21-7-12-27-50(42)58-48-26-11-4-17-36(48)39-20-14-23-44(55)54(39)58/h1-33H. The molecule has 0 radical (unpaired) electrons. The molecule has 0 amide bonds. The Morgan fingerprint density at radius 3 is 1.64 bits per heavy atom. The molecule has 59 heavy (non-hydrogen) atoms. The SMILES string of the molecule is c1ccc(-n2c3ccccc3c3cc(-n4c5ccccc5c5cc6c(cc54)Oc4ccccc4C64c5ccccc5-n5c6ccccc6c6cccc4c65)ccc32)cc1. The van der Waals surface area contributed by atoms with E-state index in [4.69, 9.17) is 4.74 Å². The van der Waals surface area contributed by atoms with Crippen LogP contribution in [0.3, 0.4) is 0 Å². The predicted octanol–water partition coefficient (Wildman–Crippen LogP) is 13.8. The van der Waals surface area contributed by atoms with Crippen molar-refractivity contribution in [2.45, 2.75) is 5.41 Å². The lowest BCUT2D eigenvalue weighted by atomic mass is 9.61. The molecule has 14 rings (SSSR count). The Morgan fingerprint density at radius 2 is 0.864 bits per heavy atom. The Morgan fingerprint density at radius 1 is 0.305 bits per heavy atom. The molecule has 1 atom stereocenters. The first-order valence-corrected chi connectivity index (χ1v) is 20.4. The van der Waals surface area contributed by atoms with Crippen LogP contribution in [0.5, 0.6) is 11.5 Å². The Labute approximate surface area is 339 Å². The first-order valence-electron chi connectivity index (χ1n) is 20.4. The van der Waals surface area contributed by atoms with Crippen LogP contribution in [0.2, 0.25) is 0 Å². The lowest BCUT2D eigenvalue weighted by Crippen LogP contribution is -2.37. The molecule has 5 heterocycles. The number of benzene rings is 9.